The molecule has 1 aliphatic carbocycles. The standard InChI is InChI=1S/C30H47N5/c1-20-21(2)30(7)13-12-29(20,6)22(3)34(30)27-17-24(19-32(27)9)25-18-28(5)14-16-33(25)23(4)35(28)26-11-10-15-31(26)8/h10-11,15,17,19-23,25H,12-14,16,18H2,1-9H3/t20?,21?,22-,23-,25?,28?,29?,30?/m0/s1. The van der Waals surface area contributed by atoms with Crippen molar-refractivity contribution in [1.29, 1.82) is 0 Å². The number of aromatic nitrogens is 2. The van der Waals surface area contributed by atoms with Crippen LogP contribution in [0, 0.1) is 17.3 Å². The number of aryl methyl sites for hydroxylation is 2. The van der Waals surface area contributed by atoms with Gasteiger partial charge < -0.3 is 18.9 Å². The number of rotatable bonds is 3. The number of piperidine rings is 3. The van der Waals surface area contributed by atoms with Crippen LogP contribution in [-0.2, 0) is 14.1 Å². The van der Waals surface area contributed by atoms with E-state index in [0.29, 0.717) is 29.6 Å². The molecule has 7 heterocycles. The van der Waals surface area contributed by atoms with E-state index in [1.165, 1.54) is 49.4 Å². The van der Waals surface area contributed by atoms with Crippen LogP contribution in [0.3, 0.4) is 0 Å². The number of fused-ring (bicyclic) bond motifs is 6. The van der Waals surface area contributed by atoms with Crippen LogP contribution in [0.1, 0.15) is 85.8 Å². The van der Waals surface area contributed by atoms with Crippen LogP contribution in [0.15, 0.2) is 30.6 Å². The van der Waals surface area contributed by atoms with Gasteiger partial charge in [-0.1, -0.05) is 20.8 Å². The topological polar surface area (TPSA) is 19.6 Å². The van der Waals surface area contributed by atoms with Gasteiger partial charge in [-0.15, -0.1) is 0 Å². The van der Waals surface area contributed by atoms with Crippen molar-refractivity contribution in [3.8, 4) is 0 Å². The molecule has 5 nitrogen and oxygen atoms in total. The van der Waals surface area contributed by atoms with Gasteiger partial charge in [0.25, 0.3) is 0 Å². The fraction of sp³-hybridized carbons (Fsp3) is 0.733. The zero-order valence-electron chi connectivity index (χ0n) is 23.5. The maximum atomic E-state index is 2.84. The summed E-state index contributed by atoms with van der Waals surface area (Å²) in [5.41, 5.74) is 2.30. The van der Waals surface area contributed by atoms with Crippen LogP contribution in [0.25, 0.3) is 0 Å². The van der Waals surface area contributed by atoms with Crippen molar-refractivity contribution in [2.24, 2.45) is 31.3 Å². The van der Waals surface area contributed by atoms with Crippen LogP contribution in [0.5, 0.6) is 0 Å². The quantitative estimate of drug-likeness (QED) is 0.527. The summed E-state index contributed by atoms with van der Waals surface area (Å²) in [6.07, 6.45) is 10.1. The van der Waals surface area contributed by atoms with E-state index in [-0.39, 0.29) is 11.1 Å². The Balaban J connectivity index is 1.36. The molecule has 0 aromatic carbocycles. The van der Waals surface area contributed by atoms with E-state index in [4.69, 9.17) is 0 Å². The van der Waals surface area contributed by atoms with E-state index >= 15 is 0 Å². The van der Waals surface area contributed by atoms with Gasteiger partial charge in [0.1, 0.15) is 11.6 Å². The molecule has 5 saturated heterocycles. The Morgan fingerprint density at radius 3 is 2.26 bits per heavy atom. The molecule has 6 fully saturated rings. The van der Waals surface area contributed by atoms with Crippen LogP contribution in [0.4, 0.5) is 11.6 Å². The average molecular weight is 478 g/mol. The molecule has 2 aromatic rings. The highest BCUT2D eigenvalue weighted by molar-refractivity contribution is 5.53. The Bertz CT molecular complexity index is 1130. The Kier molecular flexibility index (Phi) is 4.93. The Hall–Kier alpha value is -1.88. The molecule has 9 atom stereocenters. The van der Waals surface area contributed by atoms with Gasteiger partial charge in [0.15, 0.2) is 0 Å². The maximum absolute atomic E-state index is 2.84. The van der Waals surface area contributed by atoms with E-state index < -0.39 is 0 Å². The van der Waals surface area contributed by atoms with Crippen molar-refractivity contribution in [2.75, 3.05) is 16.3 Å². The van der Waals surface area contributed by atoms with E-state index in [0.717, 1.165) is 5.92 Å². The lowest BCUT2D eigenvalue weighted by Gasteiger charge is -2.68. The Labute approximate surface area is 213 Å². The molecule has 1 saturated carbocycles. The molecule has 7 unspecified atom stereocenters. The Morgan fingerprint density at radius 1 is 0.857 bits per heavy atom. The Morgan fingerprint density at radius 2 is 1.60 bits per heavy atom. The molecule has 8 rings (SSSR count). The SMILES string of the molecule is CC1C(C)C2(C)CCC1(C)[C@H](C)N2c1cc(C2CC3(C)CCN2[C@H](C)N3c2cccn2C)cn1C. The first-order valence-corrected chi connectivity index (χ1v) is 14.0. The zero-order chi connectivity index (χ0) is 25.1. The number of anilines is 2. The molecular weight excluding hydrogens is 430 g/mol. The normalized spacial score (nSPS) is 44.9. The van der Waals surface area contributed by atoms with E-state index in [1.54, 1.807) is 0 Å². The first-order valence-electron chi connectivity index (χ1n) is 14.0. The smallest absolute Gasteiger partial charge is 0.109 e. The third-order valence-electron chi connectivity index (χ3n) is 12.0. The highest BCUT2D eigenvalue weighted by Gasteiger charge is 2.61. The molecule has 192 valence electrons. The van der Waals surface area contributed by atoms with Gasteiger partial charge in [-0.3, -0.25) is 4.90 Å². The van der Waals surface area contributed by atoms with Crippen LogP contribution in [0.2, 0.25) is 0 Å². The molecule has 4 bridgehead atoms. The van der Waals surface area contributed by atoms with Crippen molar-refractivity contribution in [2.45, 2.75) is 103 Å². The minimum Gasteiger partial charge on any atom is -0.349 e. The fourth-order valence-electron chi connectivity index (χ4n) is 9.12. The maximum Gasteiger partial charge on any atom is 0.109 e. The van der Waals surface area contributed by atoms with Gasteiger partial charge in [-0.2, -0.15) is 0 Å². The van der Waals surface area contributed by atoms with Crippen molar-refractivity contribution in [1.82, 2.24) is 14.0 Å². The molecule has 2 aromatic heterocycles. The zero-order valence-corrected chi connectivity index (χ0v) is 23.5. The molecule has 35 heavy (non-hydrogen) atoms. The summed E-state index contributed by atoms with van der Waals surface area (Å²) >= 11 is 0. The molecule has 0 N–H and O–H groups in total. The lowest BCUT2D eigenvalue weighted by Crippen LogP contribution is -2.72. The molecule has 0 amide bonds. The van der Waals surface area contributed by atoms with Crippen molar-refractivity contribution in [3.05, 3.63) is 36.2 Å². The van der Waals surface area contributed by atoms with E-state index in [9.17, 15) is 0 Å². The summed E-state index contributed by atoms with van der Waals surface area (Å²) in [5.74, 6) is 4.23. The average Bonchev–Trinajstić information content (AvgIpc) is 3.40. The highest BCUT2D eigenvalue weighted by Crippen LogP contribution is 2.60. The van der Waals surface area contributed by atoms with Gasteiger partial charge in [0.05, 0.1) is 6.17 Å². The van der Waals surface area contributed by atoms with Gasteiger partial charge in [-0.25, -0.2) is 0 Å². The number of hydrogen-bond acceptors (Lipinski definition) is 3. The van der Waals surface area contributed by atoms with Crippen LogP contribution < -0.4 is 9.80 Å². The third-order valence-corrected chi connectivity index (χ3v) is 12.0. The van der Waals surface area contributed by atoms with Crippen LogP contribution in [-0.4, -0.2) is 43.9 Å². The molecular formula is C30H47N5. The first kappa shape index (κ1) is 23.5. The molecule has 6 aliphatic rings. The van der Waals surface area contributed by atoms with E-state index in [1.807, 2.05) is 0 Å². The minimum absolute atomic E-state index is 0.182. The lowest BCUT2D eigenvalue weighted by molar-refractivity contribution is -0.0532. The largest absolute Gasteiger partial charge is 0.349 e. The summed E-state index contributed by atoms with van der Waals surface area (Å²) in [7, 11) is 4.46. The number of nitrogens with zero attached hydrogens (tertiary/aromatic N) is 5. The van der Waals surface area contributed by atoms with Gasteiger partial charge in [0.2, 0.25) is 0 Å². The minimum atomic E-state index is 0.182. The van der Waals surface area contributed by atoms with Crippen molar-refractivity contribution < 1.29 is 0 Å². The van der Waals surface area contributed by atoms with Crippen molar-refractivity contribution in [3.63, 3.8) is 0 Å². The monoisotopic (exact) mass is 477 g/mol. The van der Waals surface area contributed by atoms with Gasteiger partial charge in [-0.05, 0) is 94.4 Å². The number of hydrogen-bond donors (Lipinski definition) is 0. The predicted octanol–water partition coefficient (Wildman–Crippen LogP) is 6.16. The molecule has 5 heteroatoms. The summed E-state index contributed by atoms with van der Waals surface area (Å²) in [6, 6.07) is 8.08. The predicted molar refractivity (Wildman–Crippen MR) is 146 cm³/mol. The van der Waals surface area contributed by atoms with Gasteiger partial charge in [0, 0.05) is 56.2 Å². The second kappa shape index (κ2) is 7.34. The fourth-order valence-corrected chi connectivity index (χ4v) is 9.12. The second-order valence-electron chi connectivity index (χ2n) is 13.4. The molecule has 0 spiro atoms. The summed E-state index contributed by atoms with van der Waals surface area (Å²) in [4.78, 5) is 8.28. The molecule has 0 radical (unpaired) electrons. The van der Waals surface area contributed by atoms with Gasteiger partial charge >= 0.3 is 0 Å². The van der Waals surface area contributed by atoms with Crippen molar-refractivity contribution >= 4 is 11.6 Å². The summed E-state index contributed by atoms with van der Waals surface area (Å²) in [6.45, 7) is 18.7. The van der Waals surface area contributed by atoms with Crippen LogP contribution >= 0.6 is 0 Å². The summed E-state index contributed by atoms with van der Waals surface area (Å²) in [5, 5.41) is 0. The third kappa shape index (κ3) is 2.91. The second-order valence-corrected chi connectivity index (χ2v) is 13.4. The highest BCUT2D eigenvalue weighted by atomic mass is 15.5. The lowest BCUT2D eigenvalue weighted by atomic mass is 9.50. The molecule has 5 aliphatic heterocycles. The van der Waals surface area contributed by atoms with E-state index in [2.05, 4.69) is 117 Å². The summed E-state index contributed by atoms with van der Waals surface area (Å²) < 4.78 is 4.74. The first-order chi connectivity index (χ1) is 16.4.